The molecule has 2 saturated heterocycles. The Hall–Kier alpha value is -5.11. The normalized spacial score (nSPS) is 19.2. The first-order valence-electron chi connectivity index (χ1n) is 17.7. The molecule has 0 spiro atoms. The van der Waals surface area contributed by atoms with Crippen molar-refractivity contribution in [3.05, 3.63) is 113 Å². The average molecular weight is 719 g/mol. The molecule has 52 heavy (non-hydrogen) atoms. The molecular formula is C39H42N8O4S. The molecule has 8 rings (SSSR count). The quantitative estimate of drug-likeness (QED) is 0.228. The van der Waals surface area contributed by atoms with Crippen molar-refractivity contribution in [1.82, 2.24) is 38.7 Å². The monoisotopic (exact) mass is 718 g/mol. The molecule has 0 unspecified atom stereocenters. The van der Waals surface area contributed by atoms with Gasteiger partial charge in [-0.1, -0.05) is 36.4 Å². The van der Waals surface area contributed by atoms with Gasteiger partial charge in [-0.2, -0.15) is 5.10 Å². The Balaban J connectivity index is 0.930. The Morgan fingerprint density at radius 1 is 1.04 bits per heavy atom. The topological polar surface area (TPSA) is 124 Å². The fourth-order valence-electron chi connectivity index (χ4n) is 7.75. The number of methoxy groups -OCH3 is 1. The van der Waals surface area contributed by atoms with E-state index in [9.17, 15) is 14.7 Å². The van der Waals surface area contributed by atoms with Gasteiger partial charge in [-0.25, -0.2) is 9.97 Å². The number of aromatic nitrogens is 6. The molecule has 0 aliphatic carbocycles. The molecule has 268 valence electrons. The number of carbonyl (C=O) groups excluding carboxylic acids is 1. The van der Waals surface area contributed by atoms with Crippen LogP contribution in [0.1, 0.15) is 35.6 Å². The van der Waals surface area contributed by atoms with Crippen molar-refractivity contribution in [1.29, 1.82) is 0 Å². The third kappa shape index (κ3) is 6.79. The lowest BCUT2D eigenvalue weighted by atomic mass is 9.79. The summed E-state index contributed by atoms with van der Waals surface area (Å²) in [4.78, 5) is 42.6. The number of fused-ring (bicyclic) bond motifs is 1. The van der Waals surface area contributed by atoms with Gasteiger partial charge in [0, 0.05) is 80.2 Å². The molecule has 2 aliphatic heterocycles. The Labute approximate surface area is 305 Å². The van der Waals surface area contributed by atoms with E-state index in [2.05, 4.69) is 32.1 Å². The van der Waals surface area contributed by atoms with E-state index in [-0.39, 0.29) is 29.8 Å². The van der Waals surface area contributed by atoms with Crippen LogP contribution in [-0.2, 0) is 24.9 Å². The second-order valence-electron chi connectivity index (χ2n) is 14.0. The third-order valence-electron chi connectivity index (χ3n) is 10.6. The lowest BCUT2D eigenvalue weighted by Gasteiger charge is -2.43. The number of thiazole rings is 1. The van der Waals surface area contributed by atoms with E-state index >= 15 is 0 Å². The SMILES string of the molecule is COc1cccc(-n2ccc3c(=O)n(CC4(O)CCN(C(=O)[C@@H]5CCN(Cc6cnc(-c7cnn(C)c7)s6)C[C@H]5c5ccccc5)CC4)cnc32)c1. The molecule has 2 fully saturated rings. The number of aliphatic hydroxyl groups is 1. The van der Waals surface area contributed by atoms with Gasteiger partial charge in [0.1, 0.15) is 17.1 Å². The van der Waals surface area contributed by atoms with Crippen molar-refractivity contribution in [2.24, 2.45) is 13.0 Å². The minimum atomic E-state index is -1.13. The maximum Gasteiger partial charge on any atom is 0.262 e. The summed E-state index contributed by atoms with van der Waals surface area (Å²) in [7, 11) is 3.52. The number of rotatable bonds is 9. The smallest absolute Gasteiger partial charge is 0.262 e. The van der Waals surface area contributed by atoms with Crippen molar-refractivity contribution < 1.29 is 14.6 Å². The Kier molecular flexibility index (Phi) is 9.24. The maximum absolute atomic E-state index is 14.2. The number of piperidine rings is 2. The summed E-state index contributed by atoms with van der Waals surface area (Å²) in [5.41, 5.74) is 2.23. The highest BCUT2D eigenvalue weighted by molar-refractivity contribution is 7.15. The molecule has 6 aromatic rings. The molecule has 0 bridgehead atoms. The van der Waals surface area contributed by atoms with E-state index in [4.69, 9.17) is 4.74 Å². The number of hydrogen-bond acceptors (Lipinski definition) is 9. The number of likely N-dealkylation sites (tertiary alicyclic amines) is 2. The highest BCUT2D eigenvalue weighted by Crippen LogP contribution is 2.37. The van der Waals surface area contributed by atoms with Crippen LogP contribution in [0.3, 0.4) is 0 Å². The molecular weight excluding hydrogens is 677 g/mol. The first kappa shape index (κ1) is 34.0. The molecule has 12 nitrogen and oxygen atoms in total. The number of nitrogens with zero attached hydrogens (tertiary/aromatic N) is 8. The van der Waals surface area contributed by atoms with E-state index in [1.807, 2.05) is 83.8 Å². The second kappa shape index (κ2) is 14.1. The Morgan fingerprint density at radius 2 is 1.87 bits per heavy atom. The zero-order valence-corrected chi connectivity index (χ0v) is 30.2. The van der Waals surface area contributed by atoms with Crippen LogP contribution in [0.25, 0.3) is 27.3 Å². The summed E-state index contributed by atoms with van der Waals surface area (Å²) in [6.45, 7) is 3.36. The lowest BCUT2D eigenvalue weighted by Crippen LogP contribution is -2.53. The van der Waals surface area contributed by atoms with Crippen LogP contribution < -0.4 is 10.3 Å². The number of amides is 1. The molecule has 1 amide bonds. The third-order valence-corrected chi connectivity index (χ3v) is 11.6. The highest BCUT2D eigenvalue weighted by atomic mass is 32.1. The minimum absolute atomic E-state index is 0.0506. The highest BCUT2D eigenvalue weighted by Gasteiger charge is 2.41. The van der Waals surface area contributed by atoms with Crippen LogP contribution in [0.4, 0.5) is 0 Å². The molecule has 6 heterocycles. The second-order valence-corrected chi connectivity index (χ2v) is 15.1. The first-order valence-corrected chi connectivity index (χ1v) is 18.5. The van der Waals surface area contributed by atoms with E-state index in [0.29, 0.717) is 42.7 Å². The van der Waals surface area contributed by atoms with E-state index in [0.717, 1.165) is 42.3 Å². The largest absolute Gasteiger partial charge is 0.497 e. The van der Waals surface area contributed by atoms with E-state index < -0.39 is 5.60 Å². The standard InChI is InChI=1S/C39H42N8O4S/c1-43-22-28(20-42-43)36-40-21-31(52-36)23-44-15-11-32(34(24-44)27-7-4-3-5-8-27)37(48)45-17-13-39(50,14-18-45)25-46-26-41-35-33(38(46)49)12-16-47(35)29-9-6-10-30(19-29)51-2/h3-10,12,16,19-22,26,32,34,50H,11,13-15,17-18,23-25H2,1-2H3/t32-,34+/m1/s1. The van der Waals surface area contributed by atoms with Crippen LogP contribution in [0.5, 0.6) is 5.75 Å². The predicted molar refractivity (Wildman–Crippen MR) is 200 cm³/mol. The van der Waals surface area contributed by atoms with Gasteiger partial charge in [0.2, 0.25) is 5.91 Å². The summed E-state index contributed by atoms with van der Waals surface area (Å²) in [5.74, 6) is 0.755. The predicted octanol–water partition coefficient (Wildman–Crippen LogP) is 4.71. The fraction of sp³-hybridized carbons (Fsp3) is 0.359. The molecule has 13 heteroatoms. The zero-order chi connectivity index (χ0) is 35.8. The summed E-state index contributed by atoms with van der Waals surface area (Å²) in [6, 6.07) is 19.7. The summed E-state index contributed by atoms with van der Waals surface area (Å²) >= 11 is 1.69. The van der Waals surface area contributed by atoms with Crippen LogP contribution in [0.15, 0.2) is 96.6 Å². The van der Waals surface area contributed by atoms with Crippen LogP contribution in [0.2, 0.25) is 0 Å². The fourth-order valence-corrected chi connectivity index (χ4v) is 8.68. The molecule has 1 N–H and O–H groups in total. The van der Waals surface area contributed by atoms with Crippen molar-refractivity contribution in [3.63, 3.8) is 0 Å². The van der Waals surface area contributed by atoms with Crippen molar-refractivity contribution in [2.75, 3.05) is 33.3 Å². The van der Waals surface area contributed by atoms with Crippen LogP contribution in [0, 0.1) is 5.92 Å². The number of hydrogen-bond donors (Lipinski definition) is 1. The number of carbonyl (C=O) groups is 1. The van der Waals surface area contributed by atoms with Gasteiger partial charge in [-0.05, 0) is 49.6 Å². The maximum atomic E-state index is 14.2. The summed E-state index contributed by atoms with van der Waals surface area (Å²) < 4.78 is 10.5. The van der Waals surface area contributed by atoms with Crippen molar-refractivity contribution >= 4 is 28.3 Å². The summed E-state index contributed by atoms with van der Waals surface area (Å²) in [5, 5.41) is 17.4. The molecule has 2 aliphatic rings. The zero-order valence-electron chi connectivity index (χ0n) is 29.3. The van der Waals surface area contributed by atoms with E-state index in [1.54, 1.807) is 29.2 Å². The Morgan fingerprint density at radius 3 is 2.63 bits per heavy atom. The summed E-state index contributed by atoms with van der Waals surface area (Å²) in [6.07, 6.45) is 10.6. The molecule has 2 aromatic carbocycles. The van der Waals surface area contributed by atoms with E-state index in [1.165, 1.54) is 21.3 Å². The van der Waals surface area contributed by atoms with Gasteiger partial charge < -0.3 is 19.3 Å². The van der Waals surface area contributed by atoms with Crippen LogP contribution in [-0.4, -0.2) is 88.6 Å². The van der Waals surface area contributed by atoms with Gasteiger partial charge >= 0.3 is 0 Å². The van der Waals surface area contributed by atoms with Crippen molar-refractivity contribution in [2.45, 2.75) is 43.9 Å². The number of benzene rings is 2. The van der Waals surface area contributed by atoms with Gasteiger partial charge in [-0.15, -0.1) is 11.3 Å². The Bertz CT molecular complexity index is 2250. The number of aryl methyl sites for hydroxylation is 1. The van der Waals surface area contributed by atoms with Gasteiger partial charge in [0.25, 0.3) is 5.56 Å². The number of ether oxygens (including phenoxy) is 1. The minimum Gasteiger partial charge on any atom is -0.497 e. The first-order chi connectivity index (χ1) is 25.3. The van der Waals surface area contributed by atoms with Crippen molar-refractivity contribution in [3.8, 4) is 22.0 Å². The molecule has 4 aromatic heterocycles. The van der Waals surface area contributed by atoms with Gasteiger partial charge in [-0.3, -0.25) is 23.7 Å². The molecule has 0 saturated carbocycles. The molecule has 2 atom stereocenters. The lowest BCUT2D eigenvalue weighted by molar-refractivity contribution is -0.142. The average Bonchev–Trinajstić information content (AvgIpc) is 3.94. The van der Waals surface area contributed by atoms with Gasteiger partial charge in [0.05, 0.1) is 36.5 Å². The van der Waals surface area contributed by atoms with Gasteiger partial charge in [0.15, 0.2) is 5.65 Å². The molecule has 0 radical (unpaired) electrons. The van der Waals surface area contributed by atoms with Crippen LogP contribution >= 0.6 is 11.3 Å².